The Bertz CT molecular complexity index is 1040. The highest BCUT2D eigenvalue weighted by atomic mass is 19.4. The fourth-order valence-electron chi connectivity index (χ4n) is 2.51. The highest BCUT2D eigenvalue weighted by Crippen LogP contribution is 2.28. The maximum absolute atomic E-state index is 12.8. The predicted molar refractivity (Wildman–Crippen MR) is 97.6 cm³/mol. The number of halogens is 3. The van der Waals surface area contributed by atoms with E-state index in [0.29, 0.717) is 16.1 Å². The van der Waals surface area contributed by atoms with E-state index in [9.17, 15) is 22.8 Å². The van der Waals surface area contributed by atoms with Crippen LogP contribution in [0.2, 0.25) is 0 Å². The summed E-state index contributed by atoms with van der Waals surface area (Å²) in [5, 5.41) is 2.33. The lowest BCUT2D eigenvalue weighted by atomic mass is 10.2. The van der Waals surface area contributed by atoms with Crippen LogP contribution in [0.4, 0.5) is 18.9 Å². The second kappa shape index (κ2) is 7.59. The zero-order valence-corrected chi connectivity index (χ0v) is 14.7. The molecule has 2 aromatic carbocycles. The third-order valence-corrected chi connectivity index (χ3v) is 3.94. The molecule has 0 spiro atoms. The molecule has 0 aliphatic carbocycles. The van der Waals surface area contributed by atoms with Gasteiger partial charge in [0.15, 0.2) is 0 Å². The lowest BCUT2D eigenvalue weighted by Gasteiger charge is -2.13. The molecule has 0 aliphatic heterocycles. The molecule has 1 amide bonds. The normalized spacial score (nSPS) is 11.1. The molecule has 1 heterocycles. The number of para-hydroxylation sites is 1. The lowest BCUT2D eigenvalue weighted by Crippen LogP contribution is -2.29. The number of hydrogen-bond donors (Lipinski definition) is 1. The van der Waals surface area contributed by atoms with E-state index in [-0.39, 0.29) is 11.3 Å². The molecular weight excluding hydrogens is 373 g/mol. The molecular formula is C20H15F3N2O3. The molecule has 0 saturated carbocycles. The number of nitrogens with one attached hydrogen (secondary N) is 1. The summed E-state index contributed by atoms with van der Waals surface area (Å²) < 4.78 is 44.5. The van der Waals surface area contributed by atoms with Gasteiger partial charge in [-0.15, -0.1) is 0 Å². The van der Waals surface area contributed by atoms with Gasteiger partial charge in [0.25, 0.3) is 11.5 Å². The van der Waals surface area contributed by atoms with E-state index in [4.69, 9.17) is 4.74 Å². The molecule has 0 aliphatic rings. The number of alkyl halides is 3. The van der Waals surface area contributed by atoms with Gasteiger partial charge in [-0.2, -0.15) is 13.2 Å². The Balaban J connectivity index is 1.75. The third-order valence-electron chi connectivity index (χ3n) is 3.94. The van der Waals surface area contributed by atoms with E-state index in [1.54, 1.807) is 24.3 Å². The van der Waals surface area contributed by atoms with Gasteiger partial charge in [-0.3, -0.25) is 9.59 Å². The highest BCUT2D eigenvalue weighted by molar-refractivity contribution is 6.04. The number of carbonyl (C=O) groups excluding carboxylic acids is 1. The minimum atomic E-state index is -4.66. The van der Waals surface area contributed by atoms with Gasteiger partial charge >= 0.3 is 6.18 Å². The van der Waals surface area contributed by atoms with Crippen molar-refractivity contribution in [1.29, 1.82) is 0 Å². The summed E-state index contributed by atoms with van der Waals surface area (Å²) in [5.74, 6) is 0.518. The minimum Gasteiger partial charge on any atom is -0.457 e. The molecule has 0 bridgehead atoms. The zero-order valence-electron chi connectivity index (χ0n) is 14.7. The average molecular weight is 388 g/mol. The monoisotopic (exact) mass is 388 g/mol. The first-order chi connectivity index (χ1) is 13.3. The largest absolute Gasteiger partial charge is 0.457 e. The molecule has 0 unspecified atom stereocenters. The van der Waals surface area contributed by atoms with Crippen LogP contribution in [0.15, 0.2) is 71.5 Å². The van der Waals surface area contributed by atoms with Crippen LogP contribution < -0.4 is 15.6 Å². The average Bonchev–Trinajstić information content (AvgIpc) is 2.66. The number of pyridine rings is 1. The Labute approximate surface area is 158 Å². The predicted octanol–water partition coefficient (Wildman–Crippen LogP) is 4.45. The molecule has 3 rings (SSSR count). The SMILES string of the molecule is Cn1c(C(F)(F)F)ccc(NC(=O)c2ccc(Oc3ccccc3)cc2)c1=O. The van der Waals surface area contributed by atoms with Crippen LogP contribution in [0.3, 0.4) is 0 Å². The molecule has 0 saturated heterocycles. The van der Waals surface area contributed by atoms with Crippen molar-refractivity contribution in [2.75, 3.05) is 5.32 Å². The number of aromatic nitrogens is 1. The number of carbonyl (C=O) groups is 1. The van der Waals surface area contributed by atoms with E-state index >= 15 is 0 Å². The molecule has 5 nitrogen and oxygen atoms in total. The van der Waals surface area contributed by atoms with Gasteiger partial charge in [0, 0.05) is 12.6 Å². The Morgan fingerprint density at radius 2 is 1.54 bits per heavy atom. The van der Waals surface area contributed by atoms with Crippen molar-refractivity contribution < 1.29 is 22.7 Å². The summed E-state index contributed by atoms with van der Waals surface area (Å²) in [6, 6.07) is 16.9. The molecule has 1 aromatic heterocycles. The van der Waals surface area contributed by atoms with Gasteiger partial charge < -0.3 is 14.6 Å². The first kappa shape index (κ1) is 19.2. The van der Waals surface area contributed by atoms with Crippen molar-refractivity contribution >= 4 is 11.6 Å². The summed E-state index contributed by atoms with van der Waals surface area (Å²) in [6.07, 6.45) is -4.66. The molecule has 3 aromatic rings. The molecule has 1 N–H and O–H groups in total. The molecule has 0 atom stereocenters. The van der Waals surface area contributed by atoms with Crippen molar-refractivity contribution in [3.05, 3.63) is 88.3 Å². The van der Waals surface area contributed by atoms with Crippen LogP contribution in [-0.2, 0) is 13.2 Å². The van der Waals surface area contributed by atoms with Crippen molar-refractivity contribution in [1.82, 2.24) is 4.57 Å². The summed E-state index contributed by atoms with van der Waals surface area (Å²) in [7, 11) is 0.997. The Morgan fingerprint density at radius 3 is 2.14 bits per heavy atom. The smallest absolute Gasteiger partial charge is 0.431 e. The van der Waals surface area contributed by atoms with Crippen molar-refractivity contribution in [2.24, 2.45) is 7.05 Å². The minimum absolute atomic E-state index is 0.224. The van der Waals surface area contributed by atoms with Crippen LogP contribution in [0.25, 0.3) is 0 Å². The number of anilines is 1. The van der Waals surface area contributed by atoms with Gasteiger partial charge in [-0.1, -0.05) is 18.2 Å². The van der Waals surface area contributed by atoms with Crippen LogP contribution in [0, 0.1) is 0 Å². The van der Waals surface area contributed by atoms with E-state index < -0.39 is 23.3 Å². The Hall–Kier alpha value is -3.55. The van der Waals surface area contributed by atoms with Crippen molar-refractivity contribution in [2.45, 2.75) is 6.18 Å². The fourth-order valence-corrected chi connectivity index (χ4v) is 2.51. The lowest BCUT2D eigenvalue weighted by molar-refractivity contribution is -0.143. The maximum atomic E-state index is 12.8. The van der Waals surface area contributed by atoms with E-state index in [0.717, 1.165) is 19.2 Å². The maximum Gasteiger partial charge on any atom is 0.431 e. The number of nitrogens with zero attached hydrogens (tertiary/aromatic N) is 1. The van der Waals surface area contributed by atoms with Crippen molar-refractivity contribution in [3.63, 3.8) is 0 Å². The summed E-state index contributed by atoms with van der Waals surface area (Å²) in [4.78, 5) is 24.4. The quantitative estimate of drug-likeness (QED) is 0.718. The van der Waals surface area contributed by atoms with Gasteiger partial charge in [0.1, 0.15) is 22.9 Å². The number of hydrogen-bond acceptors (Lipinski definition) is 3. The Morgan fingerprint density at radius 1 is 0.929 bits per heavy atom. The van der Waals surface area contributed by atoms with Crippen LogP contribution in [0.1, 0.15) is 16.1 Å². The van der Waals surface area contributed by atoms with Crippen LogP contribution in [-0.4, -0.2) is 10.5 Å². The van der Waals surface area contributed by atoms with E-state index in [1.807, 2.05) is 18.2 Å². The summed E-state index contributed by atoms with van der Waals surface area (Å²) in [6.45, 7) is 0. The second-order valence-corrected chi connectivity index (χ2v) is 5.89. The first-order valence-corrected chi connectivity index (χ1v) is 8.17. The molecule has 144 valence electrons. The fraction of sp³-hybridized carbons (Fsp3) is 0.100. The highest BCUT2D eigenvalue weighted by Gasteiger charge is 2.33. The molecule has 28 heavy (non-hydrogen) atoms. The number of rotatable bonds is 4. The van der Waals surface area contributed by atoms with Crippen LogP contribution >= 0.6 is 0 Å². The molecule has 0 radical (unpaired) electrons. The summed E-state index contributed by atoms with van der Waals surface area (Å²) in [5.41, 5.74) is -2.07. The van der Waals surface area contributed by atoms with E-state index in [2.05, 4.69) is 5.32 Å². The molecule has 8 heteroatoms. The molecule has 0 fully saturated rings. The third kappa shape index (κ3) is 4.22. The number of ether oxygens (including phenoxy) is 1. The van der Waals surface area contributed by atoms with Gasteiger partial charge in [0.05, 0.1) is 0 Å². The van der Waals surface area contributed by atoms with Gasteiger partial charge in [0.2, 0.25) is 0 Å². The topological polar surface area (TPSA) is 60.3 Å². The second-order valence-electron chi connectivity index (χ2n) is 5.89. The summed E-state index contributed by atoms with van der Waals surface area (Å²) >= 11 is 0. The first-order valence-electron chi connectivity index (χ1n) is 8.17. The van der Waals surface area contributed by atoms with Gasteiger partial charge in [-0.05, 0) is 48.5 Å². The van der Waals surface area contributed by atoms with Crippen molar-refractivity contribution in [3.8, 4) is 11.5 Å². The number of amides is 1. The van der Waals surface area contributed by atoms with E-state index in [1.165, 1.54) is 12.1 Å². The van der Waals surface area contributed by atoms with Gasteiger partial charge in [-0.25, -0.2) is 0 Å². The van der Waals surface area contributed by atoms with Crippen LogP contribution in [0.5, 0.6) is 11.5 Å². The standard InChI is InChI=1S/C20H15F3N2O3/c1-25-17(20(21,22)23)12-11-16(19(25)27)24-18(26)13-7-9-15(10-8-13)28-14-5-3-2-4-6-14/h2-12H,1H3,(H,24,26). The Kier molecular flexibility index (Phi) is 5.21. The number of benzene rings is 2. The zero-order chi connectivity index (χ0) is 20.3.